The number of ether oxygens (including phenoxy) is 1. The summed E-state index contributed by atoms with van der Waals surface area (Å²) in [4.78, 5) is 30.6. The molecule has 0 radical (unpaired) electrons. The first-order valence-electron chi connectivity index (χ1n) is 8.85. The molecule has 1 amide bonds. The van der Waals surface area contributed by atoms with Crippen molar-refractivity contribution in [2.45, 2.75) is 18.9 Å². The van der Waals surface area contributed by atoms with Gasteiger partial charge in [-0.15, -0.1) is 0 Å². The van der Waals surface area contributed by atoms with E-state index in [1.165, 1.54) is 0 Å². The summed E-state index contributed by atoms with van der Waals surface area (Å²) in [5.74, 6) is -0.647. The fourth-order valence-electron chi connectivity index (χ4n) is 3.40. The summed E-state index contributed by atoms with van der Waals surface area (Å²) in [5.41, 5.74) is 2.00. The van der Waals surface area contributed by atoms with Crippen LogP contribution in [-0.2, 0) is 9.53 Å². The van der Waals surface area contributed by atoms with Crippen LogP contribution in [0, 0.1) is 0 Å². The maximum atomic E-state index is 13.0. The Bertz CT molecular complexity index is 927. The second kappa shape index (κ2) is 7.04. The fraction of sp³-hybridized carbons (Fsp3) is 0.238. The van der Waals surface area contributed by atoms with E-state index in [1.807, 2.05) is 54.6 Å². The third-order valence-corrected chi connectivity index (χ3v) is 4.78. The highest BCUT2D eigenvalue weighted by atomic mass is 16.5. The van der Waals surface area contributed by atoms with Gasteiger partial charge in [-0.25, -0.2) is 4.79 Å². The van der Waals surface area contributed by atoms with Gasteiger partial charge < -0.3 is 14.6 Å². The molecule has 1 aliphatic rings. The molecule has 3 aromatic rings. The standard InChI is InChI=1S/C21H20N2O3/c24-20(23-12-6-7-13-23)19(15-8-2-1-3-9-15)26-21(25)17-14-22-18-11-5-4-10-16(17)18/h1-5,8-11,14,19,22H,6-7,12-13H2/t19-/m0/s1. The normalized spacial score (nSPS) is 15.2. The van der Waals surface area contributed by atoms with E-state index >= 15 is 0 Å². The van der Waals surface area contributed by atoms with Crippen LogP contribution in [0.25, 0.3) is 10.9 Å². The Labute approximate surface area is 151 Å². The number of hydrogen-bond acceptors (Lipinski definition) is 3. The molecular weight excluding hydrogens is 328 g/mol. The van der Waals surface area contributed by atoms with E-state index in [-0.39, 0.29) is 5.91 Å². The van der Waals surface area contributed by atoms with Gasteiger partial charge >= 0.3 is 5.97 Å². The van der Waals surface area contributed by atoms with Gasteiger partial charge in [0.25, 0.3) is 5.91 Å². The lowest BCUT2D eigenvalue weighted by molar-refractivity contribution is -0.140. The number of rotatable bonds is 4. The molecule has 132 valence electrons. The van der Waals surface area contributed by atoms with E-state index < -0.39 is 12.1 Å². The van der Waals surface area contributed by atoms with Crippen LogP contribution in [-0.4, -0.2) is 34.8 Å². The maximum Gasteiger partial charge on any atom is 0.341 e. The van der Waals surface area contributed by atoms with E-state index in [2.05, 4.69) is 4.98 Å². The number of hydrogen-bond donors (Lipinski definition) is 1. The Morgan fingerprint density at radius 3 is 2.42 bits per heavy atom. The number of para-hydroxylation sites is 1. The number of benzene rings is 2. The smallest absolute Gasteiger partial charge is 0.341 e. The van der Waals surface area contributed by atoms with Crippen molar-refractivity contribution in [3.63, 3.8) is 0 Å². The first-order chi connectivity index (χ1) is 12.7. The lowest BCUT2D eigenvalue weighted by Gasteiger charge is -2.23. The predicted molar refractivity (Wildman–Crippen MR) is 98.7 cm³/mol. The summed E-state index contributed by atoms with van der Waals surface area (Å²) in [6.07, 6.45) is 2.69. The van der Waals surface area contributed by atoms with Crippen LogP contribution in [0.3, 0.4) is 0 Å². The average molecular weight is 348 g/mol. The number of carbonyl (C=O) groups is 2. The van der Waals surface area contributed by atoms with Gasteiger partial charge in [-0.2, -0.15) is 0 Å². The molecule has 1 aromatic heterocycles. The SMILES string of the molecule is O=C(O[C@H](C(=O)N1CCCC1)c1ccccc1)c1c[nH]c2ccccc12. The van der Waals surface area contributed by atoms with E-state index in [0.717, 1.165) is 23.7 Å². The molecule has 5 nitrogen and oxygen atoms in total. The zero-order valence-electron chi connectivity index (χ0n) is 14.4. The fourth-order valence-corrected chi connectivity index (χ4v) is 3.40. The molecule has 0 unspecified atom stereocenters. The van der Waals surface area contributed by atoms with Crippen LogP contribution in [0.5, 0.6) is 0 Å². The average Bonchev–Trinajstić information content (AvgIpc) is 3.36. The van der Waals surface area contributed by atoms with E-state index in [9.17, 15) is 9.59 Å². The molecular formula is C21H20N2O3. The Hall–Kier alpha value is -3.08. The summed E-state index contributed by atoms with van der Waals surface area (Å²) in [6, 6.07) is 16.7. The zero-order valence-corrected chi connectivity index (χ0v) is 14.4. The third-order valence-electron chi connectivity index (χ3n) is 4.78. The lowest BCUT2D eigenvalue weighted by Crippen LogP contribution is -2.34. The van der Waals surface area contributed by atoms with Gasteiger partial charge in [0.2, 0.25) is 6.10 Å². The first-order valence-corrected chi connectivity index (χ1v) is 8.85. The second-order valence-corrected chi connectivity index (χ2v) is 6.48. The molecule has 5 heteroatoms. The van der Waals surface area contributed by atoms with Gasteiger partial charge in [0.15, 0.2) is 0 Å². The number of fused-ring (bicyclic) bond motifs is 1. The molecule has 0 spiro atoms. The highest BCUT2D eigenvalue weighted by Crippen LogP contribution is 2.26. The second-order valence-electron chi connectivity index (χ2n) is 6.48. The number of aromatic amines is 1. The Morgan fingerprint density at radius 1 is 0.962 bits per heavy atom. The summed E-state index contributed by atoms with van der Waals surface area (Å²) >= 11 is 0. The van der Waals surface area contributed by atoms with Crippen molar-refractivity contribution in [1.82, 2.24) is 9.88 Å². The highest BCUT2D eigenvalue weighted by molar-refractivity contribution is 6.04. The molecule has 1 fully saturated rings. The zero-order chi connectivity index (χ0) is 17.9. The number of nitrogens with zero attached hydrogens (tertiary/aromatic N) is 1. The molecule has 1 saturated heterocycles. The molecule has 0 bridgehead atoms. The lowest BCUT2D eigenvalue weighted by atomic mass is 10.1. The Kier molecular flexibility index (Phi) is 4.44. The van der Waals surface area contributed by atoms with Crippen molar-refractivity contribution in [3.8, 4) is 0 Å². The largest absolute Gasteiger partial charge is 0.444 e. The molecule has 2 heterocycles. The van der Waals surface area contributed by atoms with Crippen molar-refractivity contribution in [2.24, 2.45) is 0 Å². The minimum Gasteiger partial charge on any atom is -0.444 e. The molecule has 1 atom stereocenters. The van der Waals surface area contributed by atoms with Crippen LogP contribution >= 0.6 is 0 Å². The number of likely N-dealkylation sites (tertiary alicyclic amines) is 1. The van der Waals surface area contributed by atoms with E-state index in [0.29, 0.717) is 24.2 Å². The van der Waals surface area contributed by atoms with Gasteiger partial charge in [0.05, 0.1) is 5.56 Å². The third kappa shape index (κ3) is 3.08. The molecule has 4 rings (SSSR count). The van der Waals surface area contributed by atoms with Gasteiger partial charge in [0, 0.05) is 35.8 Å². The minimum atomic E-state index is -0.921. The van der Waals surface area contributed by atoms with Crippen molar-refractivity contribution in [3.05, 3.63) is 71.9 Å². The summed E-state index contributed by atoms with van der Waals surface area (Å²) in [5, 5.41) is 0.790. The van der Waals surface area contributed by atoms with Crippen LogP contribution in [0.2, 0.25) is 0 Å². The number of amides is 1. The van der Waals surface area contributed by atoms with E-state index in [1.54, 1.807) is 11.1 Å². The highest BCUT2D eigenvalue weighted by Gasteiger charge is 2.31. The summed E-state index contributed by atoms with van der Waals surface area (Å²) in [6.45, 7) is 1.43. The molecule has 26 heavy (non-hydrogen) atoms. The van der Waals surface area contributed by atoms with Crippen molar-refractivity contribution in [2.75, 3.05) is 13.1 Å². The molecule has 2 aromatic carbocycles. The van der Waals surface area contributed by atoms with Crippen molar-refractivity contribution >= 4 is 22.8 Å². The van der Waals surface area contributed by atoms with Crippen molar-refractivity contribution < 1.29 is 14.3 Å². The first kappa shape index (κ1) is 16.4. The number of carbonyl (C=O) groups excluding carboxylic acids is 2. The van der Waals surface area contributed by atoms with Crippen LogP contribution < -0.4 is 0 Å². The quantitative estimate of drug-likeness (QED) is 0.732. The van der Waals surface area contributed by atoms with Gasteiger partial charge in [-0.3, -0.25) is 4.79 Å². The molecule has 0 saturated carbocycles. The molecule has 1 aliphatic heterocycles. The summed E-state index contributed by atoms with van der Waals surface area (Å²) in [7, 11) is 0. The number of esters is 1. The Morgan fingerprint density at radius 2 is 1.65 bits per heavy atom. The van der Waals surface area contributed by atoms with Crippen LogP contribution in [0.15, 0.2) is 60.8 Å². The predicted octanol–water partition coefficient (Wildman–Crippen LogP) is 3.69. The maximum absolute atomic E-state index is 13.0. The van der Waals surface area contributed by atoms with Gasteiger partial charge in [0.1, 0.15) is 0 Å². The van der Waals surface area contributed by atoms with E-state index in [4.69, 9.17) is 4.74 Å². The van der Waals surface area contributed by atoms with Gasteiger partial charge in [-0.1, -0.05) is 48.5 Å². The minimum absolute atomic E-state index is 0.151. The van der Waals surface area contributed by atoms with Gasteiger partial charge in [-0.05, 0) is 18.9 Å². The van der Waals surface area contributed by atoms with Crippen molar-refractivity contribution in [1.29, 1.82) is 0 Å². The molecule has 1 N–H and O–H groups in total. The Balaban J connectivity index is 1.64. The van der Waals surface area contributed by atoms with Crippen LogP contribution in [0.4, 0.5) is 0 Å². The van der Waals surface area contributed by atoms with Crippen LogP contribution in [0.1, 0.15) is 34.9 Å². The monoisotopic (exact) mass is 348 g/mol. The number of H-pyrrole nitrogens is 1. The number of nitrogens with one attached hydrogen (secondary N) is 1. The number of aromatic nitrogens is 1. The molecule has 0 aliphatic carbocycles. The summed E-state index contributed by atoms with van der Waals surface area (Å²) < 4.78 is 5.71. The topological polar surface area (TPSA) is 62.4 Å².